The molecule has 0 unspecified atom stereocenters. The van der Waals surface area contributed by atoms with E-state index in [1.54, 1.807) is 24.3 Å². The fourth-order valence-electron chi connectivity index (χ4n) is 16.1. The number of hydrogen-bond acceptors (Lipinski definition) is 32. The molecule has 0 spiro atoms. The second-order valence-electron chi connectivity index (χ2n) is 30.7. The molecule has 0 saturated carbocycles. The Morgan fingerprint density at radius 3 is 0.862 bits per heavy atom. The summed E-state index contributed by atoms with van der Waals surface area (Å²) < 4.78 is 118. The molecule has 8 heterocycles. The molecule has 6 aromatic rings. The number of aromatic nitrogens is 4. The summed E-state index contributed by atoms with van der Waals surface area (Å²) in [7, 11) is 0. The fraction of sp³-hybridized carbons (Fsp3) is 0.411. The number of carbonyl (C=O) groups excluding carboxylic acids is 12. The maximum atomic E-state index is 14.6. The number of unbranched alkanes of at least 4 members (excludes halogenated alkanes) is 6. The van der Waals surface area contributed by atoms with E-state index in [-0.39, 0.29) is 105 Å². The standard InChI is InChI=1S/C95H98N4O30.Zn/c1-17-21-22-23-24-25-26-27-69-70-40-42-72(96-70)81(93(124-66-34-28-63(18-2)29-35-66)90(121-60(14)109)87(118-57(11)106)84(115-54(8)103)78(127-93)48-112-51(5)100)74-44-46-76(98-74)83(95(126-68-38-32-65(20-4)33-39-68)92(123-62(16)111)89(120-59(13)108)86(117-56(10)105)80(129-95)50-114-53(7)102)77-47-45-75(99-77)82(73-43-41-71(69)97-73)94(125-67-36-30-64(19-3)31-37-67)91(122-61(15)110)88(119-58(12)107)85(116-55(9)104)79(128-94)49-113-52(6)101;/h2-4,28-47,78-80,84-92,96,99H,17,21-27,48-50H2,1,5-16H3;/t78-,79-,80-,84-,85-,86-,87+,88+,89+,90+,91+,92+,93-,94-,95-;/m1./s1. The van der Waals surface area contributed by atoms with Crippen LogP contribution in [-0.2, 0) is 172 Å². The Bertz CT molecular complexity index is 5510. The first-order valence-corrected chi connectivity index (χ1v) is 41.4. The number of ether oxygens (including phenoxy) is 18. The van der Waals surface area contributed by atoms with Crippen molar-refractivity contribution in [1.29, 1.82) is 0 Å². The normalized spacial score (nSPS) is 23.4. The van der Waals surface area contributed by atoms with Gasteiger partial charge in [0.15, 0.2) is 36.6 Å². The summed E-state index contributed by atoms with van der Waals surface area (Å²) in [5, 5.41) is 0. The molecular formula is C95H98N4O30Zn. The summed E-state index contributed by atoms with van der Waals surface area (Å²) in [5.41, 5.74) is -0.520. The maximum absolute atomic E-state index is 14.6. The average Bonchev–Trinajstić information content (AvgIpc) is 1.41. The van der Waals surface area contributed by atoms with Gasteiger partial charge in [-0.2, -0.15) is 0 Å². The molecule has 5 aliphatic heterocycles. The van der Waals surface area contributed by atoms with Gasteiger partial charge in [-0.25, -0.2) is 9.97 Å². The Labute approximate surface area is 761 Å². The van der Waals surface area contributed by atoms with Crippen molar-refractivity contribution in [2.75, 3.05) is 19.8 Å². The van der Waals surface area contributed by atoms with Crippen LogP contribution in [0.5, 0.6) is 17.2 Å². The Morgan fingerprint density at radius 1 is 0.331 bits per heavy atom. The molecule has 680 valence electrons. The van der Waals surface area contributed by atoms with E-state index in [9.17, 15) is 57.5 Å². The van der Waals surface area contributed by atoms with Crippen molar-refractivity contribution in [3.63, 3.8) is 0 Å². The molecule has 3 aromatic carbocycles. The maximum Gasteiger partial charge on any atom is 0.303 e. The smallest absolute Gasteiger partial charge is 0.303 e. The largest absolute Gasteiger partial charge is 0.463 e. The van der Waals surface area contributed by atoms with Crippen molar-refractivity contribution in [2.45, 2.75) is 232 Å². The van der Waals surface area contributed by atoms with Crippen molar-refractivity contribution < 1.29 is 162 Å². The summed E-state index contributed by atoms with van der Waals surface area (Å²) in [5.74, 6) is -13.9. The van der Waals surface area contributed by atoms with Gasteiger partial charge in [-0.1, -0.05) is 63.2 Å². The van der Waals surface area contributed by atoms with Crippen molar-refractivity contribution >= 4 is 118 Å². The van der Waals surface area contributed by atoms with Crippen LogP contribution in [0.3, 0.4) is 0 Å². The molecule has 0 amide bonds. The van der Waals surface area contributed by atoms with Gasteiger partial charge < -0.3 is 95.2 Å². The first-order chi connectivity index (χ1) is 61.5. The van der Waals surface area contributed by atoms with E-state index in [0.717, 1.165) is 115 Å². The number of aromatic amines is 2. The van der Waals surface area contributed by atoms with Crippen molar-refractivity contribution in [2.24, 2.45) is 0 Å². The average molecular weight is 1840 g/mol. The van der Waals surface area contributed by atoms with Gasteiger partial charge >= 0.3 is 71.6 Å². The molecule has 35 heteroatoms. The summed E-state index contributed by atoms with van der Waals surface area (Å²) in [6, 6.07) is 23.5. The number of rotatable bonds is 32. The third-order valence-corrected chi connectivity index (χ3v) is 20.9. The fourth-order valence-corrected chi connectivity index (χ4v) is 16.1. The molecular weight excluding hydrogens is 1740 g/mol. The minimum absolute atomic E-state index is 0. The van der Waals surface area contributed by atoms with E-state index >= 15 is 0 Å². The monoisotopic (exact) mass is 1840 g/mol. The summed E-state index contributed by atoms with van der Waals surface area (Å²) in [4.78, 5) is 185. The van der Waals surface area contributed by atoms with E-state index in [0.29, 0.717) is 29.5 Å². The number of nitrogens with zero attached hydrogens (tertiary/aromatic N) is 2. The van der Waals surface area contributed by atoms with Crippen LogP contribution in [0, 0.1) is 37.0 Å². The molecule has 2 N–H and O–H groups in total. The zero-order valence-electron chi connectivity index (χ0n) is 73.8. The predicted molar refractivity (Wildman–Crippen MR) is 455 cm³/mol. The molecule has 8 bridgehead atoms. The van der Waals surface area contributed by atoms with Gasteiger partial charge in [0.2, 0.25) is 18.3 Å². The number of carbonyl (C=O) groups is 12. The summed E-state index contributed by atoms with van der Waals surface area (Å²) in [6.45, 7) is 11.9. The van der Waals surface area contributed by atoms with Crippen molar-refractivity contribution in [3.05, 3.63) is 159 Å². The summed E-state index contributed by atoms with van der Waals surface area (Å²) >= 11 is 0. The molecule has 0 aliphatic carbocycles. The van der Waals surface area contributed by atoms with Crippen LogP contribution in [0.15, 0.2) is 97.1 Å². The van der Waals surface area contributed by atoms with Crippen molar-refractivity contribution in [1.82, 2.24) is 19.9 Å². The van der Waals surface area contributed by atoms with Gasteiger partial charge in [0.1, 0.15) is 55.4 Å². The number of terminal acetylenes is 3. The number of aryl methyl sites for hydroxylation is 1. The van der Waals surface area contributed by atoms with Crippen LogP contribution in [-0.4, -0.2) is 185 Å². The topological polar surface area (TPSA) is 428 Å². The van der Waals surface area contributed by atoms with Crippen LogP contribution in [0.4, 0.5) is 0 Å². The molecule has 130 heavy (non-hydrogen) atoms. The molecule has 3 saturated heterocycles. The van der Waals surface area contributed by atoms with Gasteiger partial charge in [0.25, 0.3) is 17.4 Å². The Hall–Kier alpha value is -13.5. The van der Waals surface area contributed by atoms with Gasteiger partial charge in [0.05, 0.1) is 56.0 Å². The van der Waals surface area contributed by atoms with Gasteiger partial charge in [0, 0.05) is 130 Å². The number of benzene rings is 3. The number of fused-ring (bicyclic) bond motifs is 8. The van der Waals surface area contributed by atoms with Crippen LogP contribution < -0.4 is 14.2 Å². The Morgan fingerprint density at radius 2 is 0.585 bits per heavy atom. The second-order valence-corrected chi connectivity index (χ2v) is 30.7. The number of H-pyrrole nitrogens is 2. The molecule has 5 aliphatic rings. The first kappa shape index (κ1) is 98.7. The number of hydrogen-bond donors (Lipinski definition) is 2. The Kier molecular flexibility index (Phi) is 33.0. The molecule has 15 atom stereocenters. The van der Waals surface area contributed by atoms with E-state index < -0.39 is 188 Å². The predicted octanol–water partition coefficient (Wildman–Crippen LogP) is 10.9. The SMILES string of the molecule is C#Cc1ccc(O[C@]2(c3c4nc(c([C@@]5(Oc6ccc(C#C)cc6)O[C@H](COC(C)=O)[C@@H](OC(C)=O)[C@H](OC(C)=O)[C@@H]5OC(C)=O)c5ccc([nH]5)c([C@@]5(Oc6ccc(C#C)cc6)O[C@H](COC(C)=O)[C@@H](OC(C)=O)[C@H](OC(C)=O)[C@@H]5OC(C)=O)c5nc(c(CCCCCCCCC)c6ccc3[nH]6)C=C5)C=C4)O[C@H](COC(C)=O)[C@@H](OC(C)=O)[C@H](OC(C)=O)[C@@H]2OC(C)=O)cc1.[Zn]. The van der Waals surface area contributed by atoms with E-state index in [4.69, 9.17) is 115 Å². The molecule has 34 nitrogen and oxygen atoms in total. The van der Waals surface area contributed by atoms with Gasteiger partial charge in [-0.05, 0) is 134 Å². The third-order valence-electron chi connectivity index (χ3n) is 20.9. The number of nitrogens with one attached hydrogen (secondary N) is 2. The zero-order chi connectivity index (χ0) is 93.3. The molecule has 11 rings (SSSR count). The van der Waals surface area contributed by atoms with Gasteiger partial charge in [-0.15, -0.1) is 19.3 Å². The molecule has 0 radical (unpaired) electrons. The zero-order valence-corrected chi connectivity index (χ0v) is 76.8. The molecule has 3 fully saturated rings. The van der Waals surface area contributed by atoms with E-state index in [1.165, 1.54) is 97.1 Å². The van der Waals surface area contributed by atoms with E-state index in [2.05, 4.69) is 34.7 Å². The van der Waals surface area contributed by atoms with Crippen LogP contribution >= 0.6 is 0 Å². The number of esters is 12. The Balaban J connectivity index is 0.0000176. The van der Waals surface area contributed by atoms with E-state index in [1.807, 2.05) is 0 Å². The minimum atomic E-state index is -3.11. The second kappa shape index (κ2) is 43.5. The quantitative estimate of drug-likeness (QED) is 0.0130. The van der Waals surface area contributed by atoms with Crippen LogP contribution in [0.25, 0.3) is 46.4 Å². The third kappa shape index (κ3) is 23.1. The van der Waals surface area contributed by atoms with Crippen LogP contribution in [0.1, 0.15) is 197 Å². The van der Waals surface area contributed by atoms with Crippen LogP contribution in [0.2, 0.25) is 0 Å². The molecule has 3 aromatic heterocycles. The minimum Gasteiger partial charge on any atom is -0.463 e. The van der Waals surface area contributed by atoms with Crippen molar-refractivity contribution in [3.8, 4) is 54.3 Å². The first-order valence-electron chi connectivity index (χ1n) is 41.4. The summed E-state index contributed by atoms with van der Waals surface area (Å²) in [6.07, 6.45) is 5.81. The van der Waals surface area contributed by atoms with Gasteiger partial charge in [-0.3, -0.25) is 57.5 Å².